The van der Waals surface area contributed by atoms with Crippen LogP contribution in [0.3, 0.4) is 0 Å². The number of fused-ring (bicyclic) bond motifs is 1. The summed E-state index contributed by atoms with van der Waals surface area (Å²) in [6, 6.07) is 3.86. The third-order valence-corrected chi connectivity index (χ3v) is 3.25. The van der Waals surface area contributed by atoms with Crippen molar-refractivity contribution >= 4 is 39.8 Å². The lowest BCUT2D eigenvalue weighted by Gasteiger charge is -2.03. The van der Waals surface area contributed by atoms with Gasteiger partial charge in [-0.2, -0.15) is 0 Å². The molecule has 0 unspecified atom stereocenters. The van der Waals surface area contributed by atoms with Crippen LogP contribution in [0, 0.1) is 3.70 Å². The first-order chi connectivity index (χ1) is 8.11. The first-order valence-corrected chi connectivity index (χ1v) is 6.09. The monoisotopic (exact) mass is 342 g/mol. The summed E-state index contributed by atoms with van der Waals surface area (Å²) in [5.74, 6) is -0.345. The van der Waals surface area contributed by atoms with E-state index in [9.17, 15) is 4.79 Å². The van der Waals surface area contributed by atoms with Gasteiger partial charge in [0.25, 0.3) is 0 Å². The number of nitrogens with zero attached hydrogens (tertiary/aromatic N) is 2. The van der Waals surface area contributed by atoms with Gasteiger partial charge in [-0.3, -0.25) is 4.40 Å². The maximum Gasteiger partial charge on any atom is 0.330 e. The van der Waals surface area contributed by atoms with Gasteiger partial charge >= 0.3 is 5.97 Å². The zero-order valence-corrected chi connectivity index (χ0v) is 11.6. The van der Waals surface area contributed by atoms with E-state index in [1.54, 1.807) is 6.20 Å². The molecule has 0 saturated carbocycles. The maximum absolute atomic E-state index is 11.2. The van der Waals surface area contributed by atoms with Gasteiger partial charge in [-0.1, -0.05) is 0 Å². The average molecular weight is 342 g/mol. The fraction of sp³-hybridized carbons (Fsp3) is 0.167. The van der Waals surface area contributed by atoms with Crippen LogP contribution < -0.4 is 0 Å². The number of esters is 1. The van der Waals surface area contributed by atoms with Crippen molar-refractivity contribution < 1.29 is 9.53 Å². The molecular formula is C12H11IN2O2. The Hall–Kier alpha value is -1.37. The van der Waals surface area contributed by atoms with E-state index in [-0.39, 0.29) is 5.97 Å². The average Bonchev–Trinajstić information content (AvgIpc) is 2.70. The summed E-state index contributed by atoms with van der Waals surface area (Å²) in [6.45, 7) is 1.88. The van der Waals surface area contributed by atoms with E-state index in [1.807, 2.05) is 29.7 Å². The minimum atomic E-state index is -0.345. The van der Waals surface area contributed by atoms with E-state index < -0.39 is 0 Å². The Kier molecular flexibility index (Phi) is 3.46. The van der Waals surface area contributed by atoms with E-state index >= 15 is 0 Å². The predicted molar refractivity (Wildman–Crippen MR) is 73.6 cm³/mol. The molecule has 88 valence electrons. The summed E-state index contributed by atoms with van der Waals surface area (Å²) in [4.78, 5) is 15.4. The molecule has 2 aromatic rings. The van der Waals surface area contributed by atoms with Crippen molar-refractivity contribution in [3.05, 3.63) is 39.9 Å². The maximum atomic E-state index is 11.2. The van der Waals surface area contributed by atoms with Gasteiger partial charge in [-0.05, 0) is 52.8 Å². The third kappa shape index (κ3) is 2.49. The van der Waals surface area contributed by atoms with Gasteiger partial charge in [-0.15, -0.1) is 0 Å². The lowest BCUT2D eigenvalue weighted by Crippen LogP contribution is -1.97. The molecule has 0 spiro atoms. The Morgan fingerprint density at radius 3 is 3.00 bits per heavy atom. The van der Waals surface area contributed by atoms with Crippen molar-refractivity contribution in [3.63, 3.8) is 0 Å². The first kappa shape index (κ1) is 12.1. The van der Waals surface area contributed by atoms with Crippen LogP contribution in [0.4, 0.5) is 0 Å². The summed E-state index contributed by atoms with van der Waals surface area (Å²) in [6.07, 6.45) is 5.24. The van der Waals surface area contributed by atoms with Gasteiger partial charge in [0.2, 0.25) is 0 Å². The van der Waals surface area contributed by atoms with Crippen LogP contribution in [0.25, 0.3) is 11.2 Å². The molecular weight excluding hydrogens is 331 g/mol. The largest absolute Gasteiger partial charge is 0.466 e. The normalized spacial score (nSPS) is 11.8. The van der Waals surface area contributed by atoms with Gasteiger partial charge in [0.1, 0.15) is 9.35 Å². The van der Waals surface area contributed by atoms with Crippen molar-refractivity contribution in [1.82, 2.24) is 9.38 Å². The molecule has 17 heavy (non-hydrogen) atoms. The number of rotatable bonds is 2. The second-order valence-corrected chi connectivity index (χ2v) is 4.68. The summed E-state index contributed by atoms with van der Waals surface area (Å²) in [7, 11) is 1.37. The summed E-state index contributed by atoms with van der Waals surface area (Å²) in [5.41, 5.74) is 2.73. The minimum absolute atomic E-state index is 0.345. The quantitative estimate of drug-likeness (QED) is 0.479. The highest BCUT2D eigenvalue weighted by Gasteiger charge is 2.04. The topological polar surface area (TPSA) is 43.6 Å². The van der Waals surface area contributed by atoms with Crippen molar-refractivity contribution in [2.45, 2.75) is 6.92 Å². The molecule has 0 aromatic carbocycles. The molecule has 5 heteroatoms. The molecule has 0 aliphatic rings. The Balaban J connectivity index is 2.45. The summed E-state index contributed by atoms with van der Waals surface area (Å²) < 4.78 is 7.61. The third-order valence-electron chi connectivity index (χ3n) is 2.45. The minimum Gasteiger partial charge on any atom is -0.466 e. The molecule has 0 N–H and O–H groups in total. The second-order valence-electron chi connectivity index (χ2n) is 3.58. The Morgan fingerprint density at radius 2 is 2.29 bits per heavy atom. The number of hydrogen-bond donors (Lipinski definition) is 0. The van der Waals surface area contributed by atoms with Crippen LogP contribution in [0.5, 0.6) is 0 Å². The number of halogens is 1. The molecule has 0 aliphatic carbocycles. The molecule has 2 heterocycles. The van der Waals surface area contributed by atoms with Crippen LogP contribution in [0.1, 0.15) is 12.5 Å². The smallest absolute Gasteiger partial charge is 0.330 e. The van der Waals surface area contributed by atoms with Crippen molar-refractivity contribution in [2.75, 3.05) is 7.11 Å². The molecule has 0 radical (unpaired) electrons. The second kappa shape index (κ2) is 4.87. The first-order valence-electron chi connectivity index (χ1n) is 5.01. The number of pyridine rings is 1. The summed E-state index contributed by atoms with van der Waals surface area (Å²) >= 11 is 2.22. The van der Waals surface area contributed by atoms with Gasteiger partial charge in [0, 0.05) is 12.3 Å². The molecule has 0 amide bonds. The zero-order valence-electron chi connectivity index (χ0n) is 9.48. The van der Waals surface area contributed by atoms with Crippen LogP contribution in [-0.4, -0.2) is 22.5 Å². The highest BCUT2D eigenvalue weighted by atomic mass is 127. The van der Waals surface area contributed by atoms with Gasteiger partial charge in [0.05, 0.1) is 13.3 Å². The van der Waals surface area contributed by atoms with Crippen molar-refractivity contribution in [3.8, 4) is 0 Å². The molecule has 0 fully saturated rings. The molecule has 2 aromatic heterocycles. The van der Waals surface area contributed by atoms with Crippen LogP contribution in [-0.2, 0) is 9.53 Å². The molecule has 0 aliphatic heterocycles. The van der Waals surface area contributed by atoms with Gasteiger partial charge in [-0.25, -0.2) is 9.78 Å². The number of methoxy groups -OCH3 is 1. The van der Waals surface area contributed by atoms with Crippen molar-refractivity contribution in [1.29, 1.82) is 0 Å². The molecule has 0 saturated heterocycles. The predicted octanol–water partition coefficient (Wildman–Crippen LogP) is 2.52. The van der Waals surface area contributed by atoms with Crippen molar-refractivity contribution in [2.24, 2.45) is 0 Å². The van der Waals surface area contributed by atoms with E-state index in [1.165, 1.54) is 13.2 Å². The molecule has 4 nitrogen and oxygen atoms in total. The van der Waals surface area contributed by atoms with Crippen LogP contribution in [0.2, 0.25) is 0 Å². The molecule has 0 bridgehead atoms. The van der Waals surface area contributed by atoms with Gasteiger partial charge < -0.3 is 4.74 Å². The fourth-order valence-electron chi connectivity index (χ4n) is 1.50. The van der Waals surface area contributed by atoms with E-state index in [4.69, 9.17) is 0 Å². The number of carbonyl (C=O) groups excluding carboxylic acids is 1. The van der Waals surface area contributed by atoms with E-state index in [0.717, 1.165) is 20.5 Å². The number of carbonyl (C=O) groups is 1. The number of imidazole rings is 1. The van der Waals surface area contributed by atoms with E-state index in [2.05, 4.69) is 32.3 Å². The standard InChI is InChI=1S/C12H11IN2O2/c1-8(5-12(16)17-2)9-3-4-11-14-6-10(13)15(11)7-9/h3-7H,1-2H3/b8-5-. The van der Waals surface area contributed by atoms with Crippen LogP contribution >= 0.6 is 22.6 Å². The highest BCUT2D eigenvalue weighted by Crippen LogP contribution is 2.17. The molecule has 0 atom stereocenters. The lowest BCUT2D eigenvalue weighted by atomic mass is 10.1. The fourth-order valence-corrected chi connectivity index (χ4v) is 2.03. The SMILES string of the molecule is COC(=O)/C=C(/C)c1ccc2ncc(I)n2c1. The van der Waals surface area contributed by atoms with Gasteiger partial charge in [0.15, 0.2) is 0 Å². The Morgan fingerprint density at radius 1 is 1.53 bits per heavy atom. The highest BCUT2D eigenvalue weighted by molar-refractivity contribution is 14.1. The zero-order chi connectivity index (χ0) is 12.4. The van der Waals surface area contributed by atoms with Crippen LogP contribution in [0.15, 0.2) is 30.6 Å². The Bertz CT molecular complexity index is 602. The van der Waals surface area contributed by atoms with E-state index in [0.29, 0.717) is 0 Å². The number of hydrogen-bond acceptors (Lipinski definition) is 3. The Labute approximate surface area is 112 Å². The lowest BCUT2D eigenvalue weighted by molar-refractivity contribution is -0.134. The number of aromatic nitrogens is 2. The summed E-state index contributed by atoms with van der Waals surface area (Å²) in [5, 5.41) is 0. The molecule has 2 rings (SSSR count). The number of allylic oxidation sites excluding steroid dienone is 1. The number of ether oxygens (including phenoxy) is 1.